The van der Waals surface area contributed by atoms with Crippen LogP contribution < -0.4 is 15.4 Å². The Morgan fingerprint density at radius 3 is 2.78 bits per heavy atom. The molecule has 1 aliphatic rings. The number of nitrogens with one attached hydrogen (secondary N) is 2. The summed E-state index contributed by atoms with van der Waals surface area (Å²) < 4.78 is 5.65. The normalized spacial score (nSPS) is 17.5. The van der Waals surface area contributed by atoms with E-state index < -0.39 is 0 Å². The molecule has 23 heavy (non-hydrogen) atoms. The number of carbonyl (C=O) groups excluding carboxylic acids is 1. The van der Waals surface area contributed by atoms with Gasteiger partial charge in [-0.05, 0) is 37.1 Å². The quantitative estimate of drug-likeness (QED) is 0.891. The van der Waals surface area contributed by atoms with E-state index in [2.05, 4.69) is 15.6 Å². The molecule has 0 radical (unpaired) electrons. The van der Waals surface area contributed by atoms with E-state index >= 15 is 0 Å². The molecule has 0 unspecified atom stereocenters. The Kier molecular flexibility index (Phi) is 5.21. The molecule has 5 heteroatoms. The van der Waals surface area contributed by atoms with Gasteiger partial charge >= 0.3 is 0 Å². The highest BCUT2D eigenvalue weighted by atomic mass is 16.5. The number of hydrogen-bond acceptors (Lipinski definition) is 4. The van der Waals surface area contributed by atoms with Gasteiger partial charge < -0.3 is 15.4 Å². The van der Waals surface area contributed by atoms with E-state index in [1.807, 2.05) is 42.5 Å². The predicted octanol–water partition coefficient (Wildman–Crippen LogP) is 2.63. The van der Waals surface area contributed by atoms with Gasteiger partial charge in [-0.2, -0.15) is 0 Å². The van der Waals surface area contributed by atoms with Gasteiger partial charge in [-0.25, -0.2) is 4.98 Å². The summed E-state index contributed by atoms with van der Waals surface area (Å²) >= 11 is 0. The molecule has 5 nitrogen and oxygen atoms in total. The van der Waals surface area contributed by atoms with Crippen LogP contribution in [0.2, 0.25) is 0 Å². The number of nitrogens with zero attached hydrogens (tertiary/aromatic N) is 1. The lowest BCUT2D eigenvalue weighted by Crippen LogP contribution is -2.46. The molecule has 0 bridgehead atoms. The van der Waals surface area contributed by atoms with Gasteiger partial charge in [0.25, 0.3) is 0 Å². The Morgan fingerprint density at radius 1 is 1.22 bits per heavy atom. The Hall–Kier alpha value is -2.40. The van der Waals surface area contributed by atoms with Gasteiger partial charge in [0.1, 0.15) is 5.75 Å². The molecule has 1 aliphatic heterocycles. The Balaban J connectivity index is 1.50. The molecule has 0 aliphatic carbocycles. The molecular weight excluding hydrogens is 290 g/mol. The minimum atomic E-state index is -0.0580. The number of hydrogen-bond donors (Lipinski definition) is 2. The number of carbonyl (C=O) groups is 1. The van der Waals surface area contributed by atoms with E-state index in [1.165, 1.54) is 0 Å². The Bertz CT molecular complexity index is 622. The summed E-state index contributed by atoms with van der Waals surface area (Å²) in [7, 11) is 0. The van der Waals surface area contributed by atoms with Gasteiger partial charge in [0.05, 0.1) is 6.04 Å². The second-order valence-electron chi connectivity index (χ2n) is 5.64. The molecule has 1 atom stereocenters. The van der Waals surface area contributed by atoms with Gasteiger partial charge in [-0.15, -0.1) is 0 Å². The number of para-hydroxylation sites is 1. The number of amides is 1. The molecule has 2 N–H and O–H groups in total. The number of benzene rings is 1. The summed E-state index contributed by atoms with van der Waals surface area (Å²) in [6.07, 6.45) is 4.90. The van der Waals surface area contributed by atoms with Crippen molar-refractivity contribution in [3.05, 3.63) is 54.2 Å². The maximum atomic E-state index is 12.1. The third-order valence-electron chi connectivity index (χ3n) is 3.86. The SMILES string of the molecule is O=C(NCc1ccc(Oc2ccccc2)nc1)[C@H]1CCCCN1. The number of aromatic nitrogens is 1. The predicted molar refractivity (Wildman–Crippen MR) is 88.2 cm³/mol. The molecule has 1 aromatic heterocycles. The van der Waals surface area contributed by atoms with Crippen LogP contribution >= 0.6 is 0 Å². The summed E-state index contributed by atoms with van der Waals surface area (Å²) in [5.74, 6) is 1.36. The van der Waals surface area contributed by atoms with E-state index in [0.29, 0.717) is 12.4 Å². The summed E-state index contributed by atoms with van der Waals surface area (Å²) in [5, 5.41) is 6.20. The smallest absolute Gasteiger partial charge is 0.237 e. The van der Waals surface area contributed by atoms with Crippen LogP contribution in [0.25, 0.3) is 0 Å². The molecule has 0 spiro atoms. The molecule has 1 amide bonds. The minimum Gasteiger partial charge on any atom is -0.439 e. The van der Waals surface area contributed by atoms with Crippen LogP contribution in [0.4, 0.5) is 0 Å². The average Bonchev–Trinajstić information content (AvgIpc) is 2.62. The molecule has 1 saturated heterocycles. The number of pyridine rings is 1. The molecule has 1 aromatic carbocycles. The van der Waals surface area contributed by atoms with Gasteiger partial charge in [0.2, 0.25) is 11.8 Å². The van der Waals surface area contributed by atoms with Crippen LogP contribution in [-0.4, -0.2) is 23.5 Å². The minimum absolute atomic E-state index is 0.0580. The van der Waals surface area contributed by atoms with Crippen molar-refractivity contribution in [3.8, 4) is 11.6 Å². The molecule has 2 aromatic rings. The van der Waals surface area contributed by atoms with Gasteiger partial charge in [-0.1, -0.05) is 30.7 Å². The van der Waals surface area contributed by atoms with Crippen LogP contribution in [0.5, 0.6) is 11.6 Å². The summed E-state index contributed by atoms with van der Waals surface area (Å²) in [5.41, 5.74) is 0.953. The Morgan fingerprint density at radius 2 is 2.09 bits per heavy atom. The van der Waals surface area contributed by atoms with Crippen molar-refractivity contribution in [1.82, 2.24) is 15.6 Å². The molecular formula is C18H21N3O2. The summed E-state index contributed by atoms with van der Waals surface area (Å²) in [6, 6.07) is 13.2. The van der Waals surface area contributed by atoms with Gasteiger partial charge in [-0.3, -0.25) is 4.79 Å². The summed E-state index contributed by atoms with van der Waals surface area (Å²) in [6.45, 7) is 1.40. The van der Waals surface area contributed by atoms with Crippen molar-refractivity contribution in [1.29, 1.82) is 0 Å². The molecule has 1 fully saturated rings. The fraction of sp³-hybridized carbons (Fsp3) is 0.333. The van der Waals surface area contributed by atoms with Crippen molar-refractivity contribution in [3.63, 3.8) is 0 Å². The van der Waals surface area contributed by atoms with Crippen LogP contribution in [0, 0.1) is 0 Å². The number of ether oxygens (including phenoxy) is 1. The zero-order valence-corrected chi connectivity index (χ0v) is 13.0. The number of piperidine rings is 1. The maximum absolute atomic E-state index is 12.1. The largest absolute Gasteiger partial charge is 0.439 e. The first-order chi connectivity index (χ1) is 11.3. The monoisotopic (exact) mass is 311 g/mol. The van der Waals surface area contributed by atoms with Crippen molar-refractivity contribution in [2.45, 2.75) is 31.8 Å². The highest BCUT2D eigenvalue weighted by molar-refractivity contribution is 5.81. The lowest BCUT2D eigenvalue weighted by atomic mass is 10.0. The van der Waals surface area contributed by atoms with E-state index in [4.69, 9.17) is 4.74 Å². The third-order valence-corrected chi connectivity index (χ3v) is 3.86. The fourth-order valence-electron chi connectivity index (χ4n) is 2.57. The number of rotatable bonds is 5. The molecule has 2 heterocycles. The second-order valence-corrected chi connectivity index (χ2v) is 5.64. The highest BCUT2D eigenvalue weighted by Gasteiger charge is 2.19. The second kappa shape index (κ2) is 7.74. The first-order valence-corrected chi connectivity index (χ1v) is 8.00. The third kappa shape index (κ3) is 4.53. The van der Waals surface area contributed by atoms with Gasteiger partial charge in [0.15, 0.2) is 0 Å². The van der Waals surface area contributed by atoms with E-state index in [-0.39, 0.29) is 11.9 Å². The first kappa shape index (κ1) is 15.5. The van der Waals surface area contributed by atoms with E-state index in [0.717, 1.165) is 37.1 Å². The van der Waals surface area contributed by atoms with Crippen molar-refractivity contribution < 1.29 is 9.53 Å². The topological polar surface area (TPSA) is 63.2 Å². The van der Waals surface area contributed by atoms with E-state index in [9.17, 15) is 4.79 Å². The summed E-state index contributed by atoms with van der Waals surface area (Å²) in [4.78, 5) is 16.3. The standard InChI is InChI=1S/C18H21N3O2/c22-18(16-8-4-5-11-19-16)21-13-14-9-10-17(20-12-14)23-15-6-2-1-3-7-15/h1-3,6-7,9-10,12,16,19H,4-5,8,11,13H2,(H,21,22)/t16-/m1/s1. The average molecular weight is 311 g/mol. The van der Waals surface area contributed by atoms with Gasteiger partial charge in [0, 0.05) is 18.8 Å². The Labute approximate surface area is 136 Å². The zero-order chi connectivity index (χ0) is 15.9. The molecule has 3 rings (SSSR count). The van der Waals surface area contributed by atoms with Crippen molar-refractivity contribution >= 4 is 5.91 Å². The molecule has 0 saturated carbocycles. The van der Waals surface area contributed by atoms with Crippen LogP contribution in [0.1, 0.15) is 24.8 Å². The lowest BCUT2D eigenvalue weighted by Gasteiger charge is -2.22. The van der Waals surface area contributed by atoms with Crippen molar-refractivity contribution in [2.24, 2.45) is 0 Å². The van der Waals surface area contributed by atoms with Crippen molar-refractivity contribution in [2.75, 3.05) is 6.54 Å². The lowest BCUT2D eigenvalue weighted by molar-refractivity contribution is -0.123. The highest BCUT2D eigenvalue weighted by Crippen LogP contribution is 2.18. The fourth-order valence-corrected chi connectivity index (χ4v) is 2.57. The van der Waals surface area contributed by atoms with E-state index in [1.54, 1.807) is 6.20 Å². The maximum Gasteiger partial charge on any atom is 0.237 e. The van der Waals surface area contributed by atoms with Crippen LogP contribution in [0.15, 0.2) is 48.7 Å². The van der Waals surface area contributed by atoms with Crippen LogP contribution in [-0.2, 0) is 11.3 Å². The van der Waals surface area contributed by atoms with Crippen LogP contribution in [0.3, 0.4) is 0 Å². The zero-order valence-electron chi connectivity index (χ0n) is 13.0. The first-order valence-electron chi connectivity index (χ1n) is 8.00. The molecule has 120 valence electrons.